The molecule has 0 saturated carbocycles. The van der Waals surface area contributed by atoms with E-state index in [1.54, 1.807) is 12.1 Å². The Labute approximate surface area is 124 Å². The predicted octanol–water partition coefficient (Wildman–Crippen LogP) is 4.16. The van der Waals surface area contributed by atoms with Crippen molar-refractivity contribution in [2.75, 3.05) is 5.32 Å². The van der Waals surface area contributed by atoms with Gasteiger partial charge >= 0.3 is 0 Å². The number of amides is 1. The van der Waals surface area contributed by atoms with Gasteiger partial charge in [0.1, 0.15) is 17.1 Å². The molecular formula is C15H13BrFNO2. The average molecular weight is 338 g/mol. The lowest BCUT2D eigenvalue weighted by molar-refractivity contribution is 0.102. The minimum absolute atomic E-state index is 0.356. The maximum Gasteiger partial charge on any atom is 0.262 e. The second-order valence-corrected chi connectivity index (χ2v) is 5.31. The quantitative estimate of drug-likeness (QED) is 0.864. The van der Waals surface area contributed by atoms with E-state index in [0.29, 0.717) is 5.69 Å². The largest absolute Gasteiger partial charge is 0.507 e. The molecule has 0 unspecified atom stereocenters. The number of phenols is 1. The van der Waals surface area contributed by atoms with Gasteiger partial charge in [-0.05, 0) is 49.2 Å². The summed E-state index contributed by atoms with van der Waals surface area (Å²) in [7, 11) is 0. The summed E-state index contributed by atoms with van der Waals surface area (Å²) in [5.41, 5.74) is 2.11. The first-order chi connectivity index (χ1) is 9.40. The Morgan fingerprint density at radius 3 is 2.40 bits per heavy atom. The van der Waals surface area contributed by atoms with Gasteiger partial charge in [-0.15, -0.1) is 0 Å². The van der Waals surface area contributed by atoms with Crippen molar-refractivity contribution in [2.24, 2.45) is 0 Å². The molecule has 0 fully saturated rings. The Hall–Kier alpha value is -1.88. The molecule has 1 amide bonds. The zero-order valence-corrected chi connectivity index (χ0v) is 12.6. The standard InChI is InChI=1S/C15H13BrFNO2/c1-8-6-10(7-9(2)14(8)16)18-15(20)13-11(17)4-3-5-12(13)19/h3-7,19H,1-2H3,(H,18,20). The molecule has 2 aromatic carbocycles. The summed E-state index contributed by atoms with van der Waals surface area (Å²) in [4.78, 5) is 12.0. The molecule has 0 bridgehead atoms. The number of hydrogen-bond donors (Lipinski definition) is 2. The minimum Gasteiger partial charge on any atom is -0.507 e. The first-order valence-electron chi connectivity index (χ1n) is 5.95. The van der Waals surface area contributed by atoms with Crippen LogP contribution in [0.25, 0.3) is 0 Å². The molecule has 0 radical (unpaired) electrons. The molecule has 2 aromatic rings. The van der Waals surface area contributed by atoms with Gasteiger partial charge < -0.3 is 10.4 Å². The minimum atomic E-state index is -0.756. The highest BCUT2D eigenvalue weighted by molar-refractivity contribution is 9.10. The molecule has 0 saturated heterocycles. The van der Waals surface area contributed by atoms with Crippen LogP contribution in [0.2, 0.25) is 0 Å². The third-order valence-corrected chi connectivity index (χ3v) is 4.16. The maximum absolute atomic E-state index is 13.6. The fraction of sp³-hybridized carbons (Fsp3) is 0.133. The number of aromatic hydroxyl groups is 1. The van der Waals surface area contributed by atoms with Crippen molar-refractivity contribution in [1.82, 2.24) is 0 Å². The highest BCUT2D eigenvalue weighted by Gasteiger charge is 2.17. The second kappa shape index (κ2) is 5.63. The molecule has 2 N–H and O–H groups in total. The van der Waals surface area contributed by atoms with E-state index in [-0.39, 0.29) is 11.3 Å². The Kier molecular flexibility index (Phi) is 4.09. The predicted molar refractivity (Wildman–Crippen MR) is 79.6 cm³/mol. The molecule has 5 heteroatoms. The number of benzene rings is 2. The smallest absolute Gasteiger partial charge is 0.262 e. The van der Waals surface area contributed by atoms with Crippen LogP contribution in [0, 0.1) is 19.7 Å². The number of hydrogen-bond acceptors (Lipinski definition) is 2. The van der Waals surface area contributed by atoms with Crippen molar-refractivity contribution in [3.05, 3.63) is 57.3 Å². The molecule has 0 heterocycles. The van der Waals surface area contributed by atoms with Crippen LogP contribution in [0.1, 0.15) is 21.5 Å². The molecule has 0 atom stereocenters. The van der Waals surface area contributed by atoms with Gasteiger partial charge in [0.25, 0.3) is 5.91 Å². The Morgan fingerprint density at radius 1 is 1.25 bits per heavy atom. The van der Waals surface area contributed by atoms with Crippen LogP contribution in [0.15, 0.2) is 34.8 Å². The van der Waals surface area contributed by atoms with Crippen LogP contribution in [-0.2, 0) is 0 Å². The van der Waals surface area contributed by atoms with Crippen LogP contribution in [0.5, 0.6) is 5.75 Å². The number of rotatable bonds is 2. The number of phenolic OH excluding ortho intramolecular Hbond substituents is 1. The van der Waals surface area contributed by atoms with Gasteiger partial charge in [0.2, 0.25) is 0 Å². The number of halogens is 2. The summed E-state index contributed by atoms with van der Waals surface area (Å²) < 4.78 is 14.6. The molecule has 0 aliphatic rings. The first-order valence-corrected chi connectivity index (χ1v) is 6.75. The third-order valence-electron chi connectivity index (χ3n) is 2.91. The van der Waals surface area contributed by atoms with Crippen molar-refractivity contribution in [1.29, 1.82) is 0 Å². The van der Waals surface area contributed by atoms with Gasteiger partial charge in [0, 0.05) is 10.2 Å². The average Bonchev–Trinajstić information content (AvgIpc) is 2.35. The molecule has 2 rings (SSSR count). The van der Waals surface area contributed by atoms with E-state index in [0.717, 1.165) is 21.7 Å². The van der Waals surface area contributed by atoms with Gasteiger partial charge in [-0.3, -0.25) is 4.79 Å². The van der Waals surface area contributed by atoms with Gasteiger partial charge in [0.05, 0.1) is 0 Å². The van der Waals surface area contributed by atoms with Crippen molar-refractivity contribution >= 4 is 27.5 Å². The van der Waals surface area contributed by atoms with E-state index in [1.165, 1.54) is 12.1 Å². The molecule has 0 aromatic heterocycles. The summed E-state index contributed by atoms with van der Waals surface area (Å²) in [6, 6.07) is 7.29. The lowest BCUT2D eigenvalue weighted by Gasteiger charge is -2.11. The zero-order valence-electron chi connectivity index (χ0n) is 11.0. The van der Waals surface area contributed by atoms with Crippen molar-refractivity contribution in [2.45, 2.75) is 13.8 Å². The first kappa shape index (κ1) is 14.5. The normalized spacial score (nSPS) is 10.4. The van der Waals surface area contributed by atoms with Crippen molar-refractivity contribution < 1.29 is 14.3 Å². The van der Waals surface area contributed by atoms with E-state index in [1.807, 2.05) is 13.8 Å². The third kappa shape index (κ3) is 2.82. The Bertz CT molecular complexity index is 642. The highest BCUT2D eigenvalue weighted by Crippen LogP contribution is 2.26. The molecular weight excluding hydrogens is 325 g/mol. The molecule has 3 nitrogen and oxygen atoms in total. The summed E-state index contributed by atoms with van der Waals surface area (Å²) >= 11 is 3.43. The van der Waals surface area contributed by atoms with Crippen molar-refractivity contribution in [3.8, 4) is 5.75 Å². The zero-order chi connectivity index (χ0) is 14.9. The number of carbonyl (C=O) groups excluding carboxylic acids is 1. The van der Waals surface area contributed by atoms with Gasteiger partial charge in [0.15, 0.2) is 0 Å². The lowest BCUT2D eigenvalue weighted by atomic mass is 10.1. The summed E-state index contributed by atoms with van der Waals surface area (Å²) in [6.07, 6.45) is 0. The number of anilines is 1. The second-order valence-electron chi connectivity index (χ2n) is 4.51. The van der Waals surface area contributed by atoms with E-state index in [4.69, 9.17) is 0 Å². The van der Waals surface area contributed by atoms with E-state index < -0.39 is 11.7 Å². The fourth-order valence-corrected chi connectivity index (χ4v) is 2.18. The van der Waals surface area contributed by atoms with E-state index in [9.17, 15) is 14.3 Å². The Balaban J connectivity index is 2.33. The van der Waals surface area contributed by atoms with Crippen LogP contribution >= 0.6 is 15.9 Å². The monoisotopic (exact) mass is 337 g/mol. The molecule has 104 valence electrons. The highest BCUT2D eigenvalue weighted by atomic mass is 79.9. The van der Waals surface area contributed by atoms with E-state index >= 15 is 0 Å². The molecule has 0 spiro atoms. The Morgan fingerprint density at radius 2 is 1.85 bits per heavy atom. The fourth-order valence-electron chi connectivity index (χ4n) is 1.95. The van der Waals surface area contributed by atoms with Crippen LogP contribution in [0.3, 0.4) is 0 Å². The topological polar surface area (TPSA) is 49.3 Å². The maximum atomic E-state index is 13.6. The lowest BCUT2D eigenvalue weighted by Crippen LogP contribution is -2.14. The summed E-state index contributed by atoms with van der Waals surface area (Å²) in [5.74, 6) is -1.82. The molecule has 0 aliphatic carbocycles. The van der Waals surface area contributed by atoms with Crippen LogP contribution in [0.4, 0.5) is 10.1 Å². The number of nitrogens with one attached hydrogen (secondary N) is 1. The molecule has 20 heavy (non-hydrogen) atoms. The van der Waals surface area contributed by atoms with Crippen LogP contribution in [-0.4, -0.2) is 11.0 Å². The van der Waals surface area contributed by atoms with Gasteiger partial charge in [-0.2, -0.15) is 0 Å². The van der Waals surface area contributed by atoms with E-state index in [2.05, 4.69) is 21.2 Å². The SMILES string of the molecule is Cc1cc(NC(=O)c2c(O)cccc2F)cc(C)c1Br. The van der Waals surface area contributed by atoms with Crippen LogP contribution < -0.4 is 5.32 Å². The summed E-state index contributed by atoms with van der Waals surface area (Å²) in [6.45, 7) is 3.79. The van der Waals surface area contributed by atoms with Gasteiger partial charge in [-0.25, -0.2) is 4.39 Å². The number of carbonyl (C=O) groups is 1. The van der Waals surface area contributed by atoms with Gasteiger partial charge in [-0.1, -0.05) is 22.0 Å². The number of aryl methyl sites for hydroxylation is 2. The summed E-state index contributed by atoms with van der Waals surface area (Å²) in [5, 5.41) is 12.2. The van der Waals surface area contributed by atoms with Crippen molar-refractivity contribution in [3.63, 3.8) is 0 Å². The molecule has 0 aliphatic heterocycles.